The summed E-state index contributed by atoms with van der Waals surface area (Å²) in [5.41, 5.74) is 0.853. The summed E-state index contributed by atoms with van der Waals surface area (Å²) in [5, 5.41) is 3.29. The molecule has 0 bridgehead atoms. The van der Waals surface area contributed by atoms with Gasteiger partial charge in [-0.25, -0.2) is 21.6 Å². The summed E-state index contributed by atoms with van der Waals surface area (Å²) in [7, 11) is -5.50. The fraction of sp³-hybridized carbons (Fsp3) is 0.700. The lowest BCUT2D eigenvalue weighted by atomic mass is 10.3. The van der Waals surface area contributed by atoms with Crippen LogP contribution in [0.25, 0.3) is 0 Å². The first kappa shape index (κ1) is 15.7. The van der Waals surface area contributed by atoms with Crippen molar-refractivity contribution in [3.8, 4) is 0 Å². The first-order valence-corrected chi connectivity index (χ1v) is 9.64. The number of sulfonamides is 1. The molecule has 0 spiro atoms. The molecular formula is C10H16ClN3O4S2. The zero-order valence-corrected chi connectivity index (χ0v) is 13.7. The van der Waals surface area contributed by atoms with E-state index in [0.29, 0.717) is 11.4 Å². The Kier molecular flexibility index (Phi) is 3.91. The van der Waals surface area contributed by atoms with Gasteiger partial charge in [0.2, 0.25) is 10.0 Å². The van der Waals surface area contributed by atoms with Gasteiger partial charge in [0.25, 0.3) is 0 Å². The Hall–Kier alpha value is -0.640. The second kappa shape index (κ2) is 4.97. The molecule has 0 aliphatic carbocycles. The predicted octanol–water partition coefficient (Wildman–Crippen LogP) is -0.280. The fourth-order valence-corrected chi connectivity index (χ4v) is 6.76. The van der Waals surface area contributed by atoms with Crippen LogP contribution in [-0.4, -0.2) is 49.5 Å². The van der Waals surface area contributed by atoms with Crippen molar-refractivity contribution in [2.24, 2.45) is 7.05 Å². The number of nitrogens with zero attached hydrogens (tertiary/aromatic N) is 2. The van der Waals surface area contributed by atoms with E-state index < -0.39 is 31.3 Å². The molecule has 2 atom stereocenters. The van der Waals surface area contributed by atoms with E-state index in [1.807, 2.05) is 0 Å². The van der Waals surface area contributed by atoms with Crippen LogP contribution >= 0.6 is 11.6 Å². The molecule has 2 unspecified atom stereocenters. The van der Waals surface area contributed by atoms with Gasteiger partial charge in [-0.15, -0.1) is 11.6 Å². The van der Waals surface area contributed by atoms with E-state index in [1.165, 1.54) is 4.68 Å². The number of sulfone groups is 1. The molecular weight excluding hydrogens is 326 g/mol. The van der Waals surface area contributed by atoms with Crippen molar-refractivity contribution in [2.45, 2.75) is 30.2 Å². The van der Waals surface area contributed by atoms with Crippen LogP contribution < -0.4 is 4.72 Å². The molecule has 0 aromatic carbocycles. The molecule has 2 rings (SSSR count). The van der Waals surface area contributed by atoms with E-state index in [-0.39, 0.29) is 16.4 Å². The van der Waals surface area contributed by atoms with Crippen LogP contribution in [0.3, 0.4) is 0 Å². The molecule has 114 valence electrons. The zero-order chi connectivity index (χ0) is 15.3. The Labute approximate surface area is 123 Å². The van der Waals surface area contributed by atoms with Crippen molar-refractivity contribution >= 4 is 31.5 Å². The summed E-state index contributed by atoms with van der Waals surface area (Å²) in [5.74, 6) is -0.495. The third kappa shape index (κ3) is 2.85. The van der Waals surface area contributed by atoms with Gasteiger partial charge in [0, 0.05) is 7.05 Å². The highest BCUT2D eigenvalue weighted by Gasteiger charge is 2.39. The van der Waals surface area contributed by atoms with Gasteiger partial charge in [-0.1, -0.05) is 0 Å². The normalized spacial score (nSPS) is 26.0. The average molecular weight is 342 g/mol. The maximum absolute atomic E-state index is 12.4. The minimum absolute atomic E-state index is 0.0770. The van der Waals surface area contributed by atoms with E-state index in [2.05, 4.69) is 9.82 Å². The van der Waals surface area contributed by atoms with Gasteiger partial charge in [-0.05, 0) is 13.8 Å². The van der Waals surface area contributed by atoms with Gasteiger partial charge in [0.05, 0.1) is 34.3 Å². The smallest absolute Gasteiger partial charge is 0.244 e. The first-order valence-electron chi connectivity index (χ1n) is 5.90. The van der Waals surface area contributed by atoms with Gasteiger partial charge in [-0.2, -0.15) is 5.10 Å². The van der Waals surface area contributed by atoms with Gasteiger partial charge < -0.3 is 0 Å². The fourth-order valence-electron chi connectivity index (χ4n) is 2.31. The molecule has 1 saturated heterocycles. The molecule has 7 nitrogen and oxygen atoms in total. The molecule has 1 aliphatic heterocycles. The Morgan fingerprint density at radius 2 is 1.95 bits per heavy atom. The Bertz CT molecular complexity index is 739. The Morgan fingerprint density at radius 3 is 2.35 bits per heavy atom. The van der Waals surface area contributed by atoms with E-state index in [1.54, 1.807) is 20.9 Å². The maximum Gasteiger partial charge on any atom is 0.244 e. The third-order valence-electron chi connectivity index (χ3n) is 3.30. The molecule has 10 heteroatoms. The van der Waals surface area contributed by atoms with Crippen molar-refractivity contribution in [3.63, 3.8) is 0 Å². The topological polar surface area (TPSA) is 98.1 Å². The Morgan fingerprint density at radius 1 is 1.35 bits per heavy atom. The van der Waals surface area contributed by atoms with Crippen LogP contribution in [0.4, 0.5) is 0 Å². The first-order chi connectivity index (χ1) is 9.03. The highest BCUT2D eigenvalue weighted by molar-refractivity contribution is 7.92. The van der Waals surface area contributed by atoms with Crippen molar-refractivity contribution < 1.29 is 16.8 Å². The largest absolute Gasteiger partial charge is 0.271 e. The zero-order valence-electron chi connectivity index (χ0n) is 11.3. The SMILES string of the molecule is Cc1nn(C)c(C)c1S(=O)(=O)NC1CS(=O)(=O)CC1Cl. The van der Waals surface area contributed by atoms with Crippen LogP contribution in [0.2, 0.25) is 0 Å². The maximum atomic E-state index is 12.4. The summed E-state index contributed by atoms with van der Waals surface area (Å²) in [6.07, 6.45) is 0. The van der Waals surface area contributed by atoms with E-state index in [4.69, 9.17) is 11.6 Å². The van der Waals surface area contributed by atoms with Crippen molar-refractivity contribution in [3.05, 3.63) is 11.4 Å². The van der Waals surface area contributed by atoms with E-state index in [9.17, 15) is 16.8 Å². The molecule has 0 radical (unpaired) electrons. The highest BCUT2D eigenvalue weighted by Crippen LogP contribution is 2.23. The monoisotopic (exact) mass is 341 g/mol. The highest BCUT2D eigenvalue weighted by atomic mass is 35.5. The molecule has 2 heterocycles. The van der Waals surface area contributed by atoms with Crippen LogP contribution in [0.5, 0.6) is 0 Å². The molecule has 1 aromatic heterocycles. The number of aromatic nitrogens is 2. The molecule has 0 amide bonds. The number of rotatable bonds is 3. The second-order valence-corrected chi connectivity index (χ2v) is 9.31. The number of hydrogen-bond acceptors (Lipinski definition) is 5. The molecule has 1 fully saturated rings. The van der Waals surface area contributed by atoms with Gasteiger partial charge in [0.1, 0.15) is 4.90 Å². The van der Waals surface area contributed by atoms with Gasteiger partial charge >= 0.3 is 0 Å². The van der Waals surface area contributed by atoms with E-state index in [0.717, 1.165) is 0 Å². The quantitative estimate of drug-likeness (QED) is 0.762. The van der Waals surface area contributed by atoms with Gasteiger partial charge in [-0.3, -0.25) is 4.68 Å². The standard InChI is InChI=1S/C10H16ClN3O4S2/c1-6-10(7(2)14(3)12-6)20(17,18)13-9-5-19(15,16)4-8(9)11/h8-9,13H,4-5H2,1-3H3. The lowest BCUT2D eigenvalue weighted by molar-refractivity contribution is 0.562. The van der Waals surface area contributed by atoms with Crippen LogP contribution in [-0.2, 0) is 26.9 Å². The Balaban J connectivity index is 2.33. The summed E-state index contributed by atoms with van der Waals surface area (Å²) in [6, 6.07) is -0.814. The minimum atomic E-state index is -3.85. The predicted molar refractivity (Wildman–Crippen MR) is 75.1 cm³/mol. The number of halogens is 1. The van der Waals surface area contributed by atoms with Gasteiger partial charge in [0.15, 0.2) is 9.84 Å². The minimum Gasteiger partial charge on any atom is -0.271 e. The lowest BCUT2D eigenvalue weighted by Crippen LogP contribution is -2.40. The van der Waals surface area contributed by atoms with Crippen molar-refractivity contribution in [1.29, 1.82) is 0 Å². The van der Waals surface area contributed by atoms with Crippen LogP contribution in [0.15, 0.2) is 4.90 Å². The summed E-state index contributed by atoms with van der Waals surface area (Å²) < 4.78 is 51.6. The molecule has 1 aromatic rings. The summed E-state index contributed by atoms with van der Waals surface area (Å²) >= 11 is 5.91. The number of alkyl halides is 1. The molecule has 0 saturated carbocycles. The molecule has 1 aliphatic rings. The summed E-state index contributed by atoms with van der Waals surface area (Å²) in [6.45, 7) is 3.23. The molecule has 1 N–H and O–H groups in total. The number of hydrogen-bond donors (Lipinski definition) is 1. The third-order valence-corrected chi connectivity index (χ3v) is 7.42. The lowest BCUT2D eigenvalue weighted by Gasteiger charge is -2.14. The van der Waals surface area contributed by atoms with Crippen molar-refractivity contribution in [2.75, 3.05) is 11.5 Å². The van der Waals surface area contributed by atoms with E-state index >= 15 is 0 Å². The van der Waals surface area contributed by atoms with Crippen LogP contribution in [0, 0.1) is 13.8 Å². The average Bonchev–Trinajstić information content (AvgIpc) is 2.63. The van der Waals surface area contributed by atoms with Crippen LogP contribution in [0.1, 0.15) is 11.4 Å². The number of nitrogens with one attached hydrogen (secondary N) is 1. The van der Waals surface area contributed by atoms with Crippen molar-refractivity contribution in [1.82, 2.24) is 14.5 Å². The second-order valence-electron chi connectivity index (χ2n) is 4.94. The number of aryl methyl sites for hydroxylation is 2. The molecule has 20 heavy (non-hydrogen) atoms. The summed E-state index contributed by atoms with van der Waals surface area (Å²) in [4.78, 5) is 0.0770.